The highest BCUT2D eigenvalue weighted by Gasteiger charge is 2.25. The minimum atomic E-state index is -0.219. The number of nitrogens with one attached hydrogen (secondary N) is 1. The van der Waals surface area contributed by atoms with Crippen molar-refractivity contribution in [3.8, 4) is 11.4 Å². The molecule has 136 valence electrons. The maximum absolute atomic E-state index is 12.6. The van der Waals surface area contributed by atoms with Crippen molar-refractivity contribution < 1.29 is 9.21 Å². The molecular formula is C18H20ClN5O2. The maximum atomic E-state index is 12.6. The number of benzene rings is 1. The Balaban J connectivity index is 1.58. The molecule has 3 aromatic rings. The van der Waals surface area contributed by atoms with Crippen molar-refractivity contribution >= 4 is 23.4 Å². The lowest BCUT2D eigenvalue weighted by Crippen LogP contribution is -2.43. The van der Waals surface area contributed by atoms with Crippen LogP contribution < -0.4 is 5.32 Å². The first-order valence-electron chi connectivity index (χ1n) is 8.63. The number of oxazole rings is 1. The third-order valence-corrected chi connectivity index (χ3v) is 5.12. The molecule has 26 heavy (non-hydrogen) atoms. The van der Waals surface area contributed by atoms with E-state index in [-0.39, 0.29) is 23.6 Å². The lowest BCUT2D eigenvalue weighted by Gasteiger charge is -2.29. The summed E-state index contributed by atoms with van der Waals surface area (Å²) in [5.74, 6) is 0.791. The lowest BCUT2D eigenvalue weighted by molar-refractivity contribution is 0.0889. The zero-order chi connectivity index (χ0) is 18.3. The van der Waals surface area contributed by atoms with E-state index in [1.54, 1.807) is 17.5 Å². The van der Waals surface area contributed by atoms with Gasteiger partial charge in [0.05, 0.1) is 10.7 Å². The summed E-state index contributed by atoms with van der Waals surface area (Å²) < 4.78 is 7.23. The number of hydrogen-bond donors (Lipinski definition) is 1. The van der Waals surface area contributed by atoms with Gasteiger partial charge in [-0.2, -0.15) is 9.50 Å². The quantitative estimate of drug-likeness (QED) is 0.764. The Kier molecular flexibility index (Phi) is 4.42. The van der Waals surface area contributed by atoms with Crippen molar-refractivity contribution in [3.63, 3.8) is 0 Å². The first kappa shape index (κ1) is 17.1. The smallest absolute Gasteiger partial charge is 0.325 e. The molecule has 4 rings (SSSR count). The Morgan fingerprint density at radius 3 is 2.73 bits per heavy atom. The fraction of sp³-hybridized carbons (Fsp3) is 0.389. The molecule has 1 aromatic carbocycles. The lowest BCUT2D eigenvalue weighted by atomic mass is 10.1. The Bertz CT molecular complexity index is 956. The van der Waals surface area contributed by atoms with Crippen LogP contribution >= 0.6 is 11.6 Å². The monoisotopic (exact) mass is 373 g/mol. The third kappa shape index (κ3) is 3.08. The summed E-state index contributed by atoms with van der Waals surface area (Å²) in [6.07, 6.45) is 1.88. The van der Waals surface area contributed by atoms with Gasteiger partial charge in [-0.3, -0.25) is 4.79 Å². The first-order chi connectivity index (χ1) is 12.5. The van der Waals surface area contributed by atoms with Gasteiger partial charge >= 0.3 is 5.84 Å². The number of aryl methyl sites for hydroxylation is 1. The molecule has 0 saturated carbocycles. The molecule has 1 fully saturated rings. The van der Waals surface area contributed by atoms with Gasteiger partial charge in [0.15, 0.2) is 5.82 Å². The van der Waals surface area contributed by atoms with E-state index in [4.69, 9.17) is 16.0 Å². The average Bonchev–Trinajstić information content (AvgIpc) is 3.17. The van der Waals surface area contributed by atoms with E-state index in [0.717, 1.165) is 31.5 Å². The summed E-state index contributed by atoms with van der Waals surface area (Å²) in [5, 5.41) is 8.07. The van der Waals surface area contributed by atoms with E-state index in [1.165, 1.54) is 0 Å². The first-order valence-corrected chi connectivity index (χ1v) is 9.01. The summed E-state index contributed by atoms with van der Waals surface area (Å²) >= 11 is 6.21. The molecular weight excluding hydrogens is 354 g/mol. The van der Waals surface area contributed by atoms with Crippen LogP contribution in [0.15, 0.2) is 28.7 Å². The number of rotatable bonds is 3. The van der Waals surface area contributed by atoms with Gasteiger partial charge in [-0.25, -0.2) is 0 Å². The number of carbonyl (C=O) groups is 1. The van der Waals surface area contributed by atoms with Crippen molar-refractivity contribution in [1.82, 2.24) is 24.8 Å². The second-order valence-corrected chi connectivity index (χ2v) is 7.08. The van der Waals surface area contributed by atoms with Crippen molar-refractivity contribution in [2.45, 2.75) is 25.8 Å². The minimum Gasteiger partial charge on any atom is -0.416 e. The Morgan fingerprint density at radius 1 is 1.31 bits per heavy atom. The standard InChI is InChI=1S/C18H20ClN5O2/c1-11-15(17(25)20-12-7-9-23(2)10-8-12)26-18-21-16(22-24(11)18)13-5-3-4-6-14(13)19/h3-6,12H,7-10H2,1-2H3,(H,20,25). The highest BCUT2D eigenvalue weighted by molar-refractivity contribution is 6.33. The molecule has 3 heterocycles. The number of amides is 1. The van der Waals surface area contributed by atoms with E-state index in [1.807, 2.05) is 18.2 Å². The molecule has 2 aromatic heterocycles. The van der Waals surface area contributed by atoms with Gasteiger partial charge in [0.25, 0.3) is 5.91 Å². The Hall–Kier alpha value is -2.38. The van der Waals surface area contributed by atoms with Crippen LogP contribution in [0.2, 0.25) is 5.02 Å². The number of halogens is 1. The fourth-order valence-electron chi connectivity index (χ4n) is 3.21. The molecule has 0 unspecified atom stereocenters. The van der Waals surface area contributed by atoms with Crippen LogP contribution in [-0.2, 0) is 0 Å². The summed E-state index contributed by atoms with van der Waals surface area (Å²) in [4.78, 5) is 19.2. The normalized spacial score (nSPS) is 16.3. The predicted octanol–water partition coefficient (Wildman–Crippen LogP) is 2.78. The molecule has 1 saturated heterocycles. The van der Waals surface area contributed by atoms with E-state index < -0.39 is 0 Å². The van der Waals surface area contributed by atoms with Crippen LogP contribution in [-0.4, -0.2) is 51.6 Å². The maximum Gasteiger partial charge on any atom is 0.325 e. The molecule has 7 nitrogen and oxygen atoms in total. The van der Waals surface area contributed by atoms with Gasteiger partial charge in [-0.15, -0.1) is 5.10 Å². The van der Waals surface area contributed by atoms with Gasteiger partial charge in [-0.1, -0.05) is 23.7 Å². The van der Waals surface area contributed by atoms with Gasteiger partial charge in [0.2, 0.25) is 5.76 Å². The van der Waals surface area contributed by atoms with E-state index >= 15 is 0 Å². The van der Waals surface area contributed by atoms with Crippen molar-refractivity contribution in [2.75, 3.05) is 20.1 Å². The van der Waals surface area contributed by atoms with E-state index in [0.29, 0.717) is 16.5 Å². The van der Waals surface area contributed by atoms with Crippen molar-refractivity contribution in [1.29, 1.82) is 0 Å². The van der Waals surface area contributed by atoms with Gasteiger partial charge in [0, 0.05) is 11.6 Å². The summed E-state index contributed by atoms with van der Waals surface area (Å²) in [6.45, 7) is 3.76. The number of hydrogen-bond acceptors (Lipinski definition) is 5. The largest absolute Gasteiger partial charge is 0.416 e. The van der Waals surface area contributed by atoms with Crippen molar-refractivity contribution in [2.24, 2.45) is 0 Å². The second-order valence-electron chi connectivity index (χ2n) is 6.68. The number of carbonyl (C=O) groups excluding carboxylic acids is 1. The van der Waals surface area contributed by atoms with Gasteiger partial charge < -0.3 is 14.6 Å². The molecule has 1 aliphatic heterocycles. The fourth-order valence-corrected chi connectivity index (χ4v) is 3.44. The minimum absolute atomic E-state index is 0.169. The topological polar surface area (TPSA) is 75.7 Å². The molecule has 1 amide bonds. The highest BCUT2D eigenvalue weighted by atomic mass is 35.5. The zero-order valence-corrected chi connectivity index (χ0v) is 15.5. The van der Waals surface area contributed by atoms with Crippen LogP contribution in [0.1, 0.15) is 29.1 Å². The number of aromatic nitrogens is 3. The van der Waals surface area contributed by atoms with Crippen LogP contribution in [0, 0.1) is 6.92 Å². The molecule has 8 heteroatoms. The molecule has 1 aliphatic rings. The summed E-state index contributed by atoms with van der Waals surface area (Å²) in [5.41, 5.74) is 1.35. The highest BCUT2D eigenvalue weighted by Crippen LogP contribution is 2.26. The SMILES string of the molecule is Cc1c(C(=O)NC2CCN(C)CC2)oc2nc(-c3ccccc3Cl)nn12. The van der Waals surface area contributed by atoms with Crippen LogP contribution in [0.3, 0.4) is 0 Å². The number of piperidine rings is 1. The Morgan fingerprint density at radius 2 is 2.04 bits per heavy atom. The molecule has 1 N–H and O–H groups in total. The molecule has 0 bridgehead atoms. The molecule has 0 aliphatic carbocycles. The van der Waals surface area contributed by atoms with Crippen LogP contribution in [0.5, 0.6) is 0 Å². The molecule has 0 spiro atoms. The average molecular weight is 374 g/mol. The zero-order valence-electron chi connectivity index (χ0n) is 14.7. The van der Waals surface area contributed by atoms with Crippen LogP contribution in [0.25, 0.3) is 17.2 Å². The second kappa shape index (κ2) is 6.74. The summed E-state index contributed by atoms with van der Waals surface area (Å²) in [6, 6.07) is 7.52. The van der Waals surface area contributed by atoms with Gasteiger partial charge in [-0.05, 0) is 52.0 Å². The molecule has 0 radical (unpaired) electrons. The van der Waals surface area contributed by atoms with Crippen molar-refractivity contribution in [3.05, 3.63) is 40.7 Å². The van der Waals surface area contributed by atoms with Crippen LogP contribution in [0.4, 0.5) is 0 Å². The molecule has 0 atom stereocenters. The van der Waals surface area contributed by atoms with Gasteiger partial charge in [0.1, 0.15) is 0 Å². The summed E-state index contributed by atoms with van der Waals surface area (Å²) in [7, 11) is 2.09. The Labute approximate surface area is 155 Å². The number of fused-ring (bicyclic) bond motifs is 1. The van der Waals surface area contributed by atoms with E-state index in [9.17, 15) is 4.79 Å². The third-order valence-electron chi connectivity index (χ3n) is 4.79. The predicted molar refractivity (Wildman–Crippen MR) is 98.4 cm³/mol. The number of nitrogens with zero attached hydrogens (tertiary/aromatic N) is 4. The number of likely N-dealkylation sites (tertiary alicyclic amines) is 1. The van der Waals surface area contributed by atoms with E-state index in [2.05, 4.69) is 27.3 Å².